The maximum atomic E-state index is 13.2. The number of aliphatic hydroxyl groups is 1. The van der Waals surface area contributed by atoms with Gasteiger partial charge in [-0.1, -0.05) is 25.1 Å². The van der Waals surface area contributed by atoms with Gasteiger partial charge in [-0.2, -0.15) is 0 Å². The highest BCUT2D eigenvalue weighted by atomic mass is 16.6. The Morgan fingerprint density at radius 2 is 1.36 bits per heavy atom. The minimum Gasteiger partial charge on any atom is -0.469 e. The van der Waals surface area contributed by atoms with Crippen molar-refractivity contribution in [2.24, 2.45) is 29.6 Å². The van der Waals surface area contributed by atoms with Crippen LogP contribution in [0.25, 0.3) is 0 Å². The van der Waals surface area contributed by atoms with E-state index in [-0.39, 0.29) is 17.6 Å². The number of benzene rings is 1. The van der Waals surface area contributed by atoms with Gasteiger partial charge in [0.05, 0.1) is 51.4 Å². The Morgan fingerprint density at radius 3 is 1.89 bits per heavy atom. The summed E-state index contributed by atoms with van der Waals surface area (Å²) in [7, 11) is 4.26. The molecule has 194 valence electrons. The summed E-state index contributed by atoms with van der Waals surface area (Å²) in [6.07, 6.45) is 0.00650. The van der Waals surface area contributed by atoms with Crippen LogP contribution in [0.3, 0.4) is 0 Å². The predicted molar refractivity (Wildman–Crippen MR) is 120 cm³/mol. The van der Waals surface area contributed by atoms with Gasteiger partial charge in [0.1, 0.15) is 17.3 Å². The zero-order valence-corrected chi connectivity index (χ0v) is 20.5. The monoisotopic (exact) mass is 504 g/mol. The molecular formula is C25H28O11. The second kappa shape index (κ2) is 10.5. The first-order chi connectivity index (χ1) is 17.1. The zero-order valence-electron chi connectivity index (χ0n) is 20.5. The first-order valence-electron chi connectivity index (χ1n) is 11.1. The third-order valence-electron chi connectivity index (χ3n) is 6.92. The van der Waals surface area contributed by atoms with E-state index in [9.17, 15) is 29.1 Å². The molecule has 0 saturated heterocycles. The van der Waals surface area contributed by atoms with Crippen molar-refractivity contribution in [1.29, 1.82) is 0 Å². The molecule has 6 atom stereocenters. The molecule has 36 heavy (non-hydrogen) atoms. The number of hydrogen-bond acceptors (Lipinski definition) is 11. The lowest BCUT2D eigenvalue weighted by Gasteiger charge is -2.55. The topological polar surface area (TPSA) is 152 Å². The summed E-state index contributed by atoms with van der Waals surface area (Å²) < 4.78 is 25.2. The van der Waals surface area contributed by atoms with E-state index in [1.54, 1.807) is 25.1 Å². The average molecular weight is 504 g/mol. The number of ether oxygens (including phenoxy) is 5. The number of esters is 5. The molecule has 1 N–H and O–H groups in total. The molecule has 2 bridgehead atoms. The van der Waals surface area contributed by atoms with Crippen LogP contribution in [0.15, 0.2) is 41.7 Å². The average Bonchev–Trinajstić information content (AvgIpc) is 2.87. The van der Waals surface area contributed by atoms with Gasteiger partial charge in [0.15, 0.2) is 0 Å². The molecule has 1 aromatic carbocycles. The lowest BCUT2D eigenvalue weighted by atomic mass is 9.50. The Hall–Kier alpha value is -3.73. The van der Waals surface area contributed by atoms with Crippen molar-refractivity contribution < 1.29 is 52.8 Å². The SMILES string of the molecule is COC(=O)C1=C(OC(=O)c2ccccc2)C(C(=O)OC)[C@@]2(O)[C@@H](C(=O)OC)[C@H](C)C[C@@H]1[C@@H]2C(=O)OC. The molecule has 1 fully saturated rings. The van der Waals surface area contributed by atoms with E-state index in [0.717, 1.165) is 28.4 Å². The molecule has 1 saturated carbocycles. The van der Waals surface area contributed by atoms with Gasteiger partial charge in [-0.25, -0.2) is 9.59 Å². The lowest BCUT2D eigenvalue weighted by molar-refractivity contribution is -0.212. The van der Waals surface area contributed by atoms with Crippen LogP contribution in [0.2, 0.25) is 0 Å². The largest absolute Gasteiger partial charge is 0.469 e. The van der Waals surface area contributed by atoms with E-state index < -0.39 is 70.8 Å². The smallest absolute Gasteiger partial charge is 0.343 e. The number of hydrogen-bond donors (Lipinski definition) is 1. The highest BCUT2D eigenvalue weighted by molar-refractivity contribution is 5.98. The molecule has 0 aliphatic heterocycles. The highest BCUT2D eigenvalue weighted by Crippen LogP contribution is 2.58. The molecule has 0 spiro atoms. The van der Waals surface area contributed by atoms with Crippen LogP contribution < -0.4 is 0 Å². The van der Waals surface area contributed by atoms with Crippen molar-refractivity contribution in [1.82, 2.24) is 0 Å². The van der Waals surface area contributed by atoms with Gasteiger partial charge in [-0.15, -0.1) is 0 Å². The van der Waals surface area contributed by atoms with Gasteiger partial charge in [-0.3, -0.25) is 14.4 Å². The number of carbonyl (C=O) groups excluding carboxylic acids is 5. The van der Waals surface area contributed by atoms with E-state index >= 15 is 0 Å². The first-order valence-corrected chi connectivity index (χ1v) is 11.1. The molecule has 0 radical (unpaired) electrons. The normalized spacial score (nSPS) is 29.0. The molecule has 3 rings (SSSR count). The van der Waals surface area contributed by atoms with Crippen LogP contribution in [0.1, 0.15) is 23.7 Å². The van der Waals surface area contributed by atoms with Crippen molar-refractivity contribution in [3.63, 3.8) is 0 Å². The fourth-order valence-corrected chi connectivity index (χ4v) is 5.49. The summed E-state index contributed by atoms with van der Waals surface area (Å²) in [6.45, 7) is 1.61. The Bertz CT molecular complexity index is 1090. The van der Waals surface area contributed by atoms with Crippen molar-refractivity contribution in [3.05, 3.63) is 47.2 Å². The van der Waals surface area contributed by atoms with Crippen molar-refractivity contribution in [2.45, 2.75) is 18.9 Å². The second-order valence-corrected chi connectivity index (χ2v) is 8.69. The fraction of sp³-hybridized carbons (Fsp3) is 0.480. The molecular weight excluding hydrogens is 476 g/mol. The molecule has 11 nitrogen and oxygen atoms in total. The minimum absolute atomic E-state index is 0.00650. The van der Waals surface area contributed by atoms with E-state index in [0.29, 0.717) is 0 Å². The third kappa shape index (κ3) is 4.23. The van der Waals surface area contributed by atoms with E-state index in [2.05, 4.69) is 0 Å². The standard InChI is InChI=1S/C25H28O11/c1-12-11-14-15(21(27)32-2)19(36-20(26)13-9-7-6-8-10-13)18(24(30)35-5)25(31,16(12)22(28)33-3)17(14)23(29)34-4/h6-10,12,14,16-18,31H,11H2,1-5H3/t12-,14+,16-,17-,18?,25-/m1/s1. The maximum absolute atomic E-state index is 13.2. The minimum atomic E-state index is -2.53. The van der Waals surface area contributed by atoms with Crippen LogP contribution in [-0.2, 0) is 42.9 Å². The number of fused-ring (bicyclic) bond motifs is 2. The third-order valence-corrected chi connectivity index (χ3v) is 6.92. The van der Waals surface area contributed by atoms with E-state index in [4.69, 9.17) is 23.7 Å². The van der Waals surface area contributed by atoms with Crippen molar-refractivity contribution in [2.75, 3.05) is 28.4 Å². The summed E-state index contributed by atoms with van der Waals surface area (Å²) in [5, 5.41) is 12.2. The van der Waals surface area contributed by atoms with Gasteiger partial charge in [-0.05, 0) is 24.5 Å². The van der Waals surface area contributed by atoms with E-state index in [1.807, 2.05) is 0 Å². The summed E-state index contributed by atoms with van der Waals surface area (Å²) in [5.74, 6) is -12.3. The quantitative estimate of drug-likeness (QED) is 0.437. The van der Waals surface area contributed by atoms with Crippen molar-refractivity contribution in [3.8, 4) is 0 Å². The van der Waals surface area contributed by atoms with Gasteiger partial charge in [0.2, 0.25) is 0 Å². The van der Waals surface area contributed by atoms with Gasteiger partial charge in [0.25, 0.3) is 0 Å². The molecule has 0 aromatic heterocycles. The van der Waals surface area contributed by atoms with Gasteiger partial charge < -0.3 is 28.8 Å². The lowest BCUT2D eigenvalue weighted by Crippen LogP contribution is -2.68. The molecule has 11 heteroatoms. The Morgan fingerprint density at radius 1 is 0.806 bits per heavy atom. The Balaban J connectivity index is 2.37. The predicted octanol–water partition coefficient (Wildman–Crippen LogP) is 1.04. The number of rotatable bonds is 6. The molecule has 1 aromatic rings. The van der Waals surface area contributed by atoms with Gasteiger partial charge in [0, 0.05) is 5.92 Å². The van der Waals surface area contributed by atoms with Crippen LogP contribution in [0, 0.1) is 29.6 Å². The summed E-state index contributed by atoms with van der Waals surface area (Å²) in [4.78, 5) is 65.2. The molecule has 2 aliphatic carbocycles. The molecule has 0 amide bonds. The van der Waals surface area contributed by atoms with Gasteiger partial charge >= 0.3 is 29.8 Å². The number of carbonyl (C=O) groups is 5. The summed E-state index contributed by atoms with van der Waals surface area (Å²) in [5.41, 5.74) is -2.74. The fourth-order valence-electron chi connectivity index (χ4n) is 5.49. The molecule has 2 aliphatic rings. The Labute approximate surface area is 207 Å². The molecule has 1 unspecified atom stereocenters. The maximum Gasteiger partial charge on any atom is 0.343 e. The number of methoxy groups -OCH3 is 4. The highest BCUT2D eigenvalue weighted by Gasteiger charge is 2.71. The summed E-state index contributed by atoms with van der Waals surface area (Å²) in [6, 6.07) is 7.72. The van der Waals surface area contributed by atoms with Crippen LogP contribution in [0.5, 0.6) is 0 Å². The van der Waals surface area contributed by atoms with Crippen LogP contribution >= 0.6 is 0 Å². The summed E-state index contributed by atoms with van der Waals surface area (Å²) >= 11 is 0. The first kappa shape index (κ1) is 26.9. The van der Waals surface area contributed by atoms with Crippen LogP contribution in [-0.4, -0.2) is 69.0 Å². The Kier molecular flexibility index (Phi) is 7.83. The van der Waals surface area contributed by atoms with Crippen molar-refractivity contribution >= 4 is 29.8 Å². The molecule has 0 heterocycles. The zero-order chi connectivity index (χ0) is 26.8. The van der Waals surface area contributed by atoms with Crippen LogP contribution in [0.4, 0.5) is 0 Å². The second-order valence-electron chi connectivity index (χ2n) is 8.69. The van der Waals surface area contributed by atoms with E-state index in [1.165, 1.54) is 12.1 Å².